The van der Waals surface area contributed by atoms with Crippen LogP contribution >= 0.6 is 11.8 Å². The molecule has 1 aliphatic carbocycles. The molecule has 1 rings (SSSR count). The number of aliphatic hydroxyl groups excluding tert-OH is 1. The molecule has 0 aromatic rings. The van der Waals surface area contributed by atoms with Gasteiger partial charge < -0.3 is 5.11 Å². The lowest BCUT2D eigenvalue weighted by Crippen LogP contribution is -2.15. The first kappa shape index (κ1) is 11.1. The summed E-state index contributed by atoms with van der Waals surface area (Å²) in [5.41, 5.74) is 0. The van der Waals surface area contributed by atoms with Crippen molar-refractivity contribution < 1.29 is 9.90 Å². The van der Waals surface area contributed by atoms with Gasteiger partial charge in [0.05, 0.1) is 12.4 Å². The highest BCUT2D eigenvalue weighted by atomic mass is 32.2. The lowest BCUT2D eigenvalue weighted by atomic mass is 10.0. The lowest BCUT2D eigenvalue weighted by molar-refractivity contribution is -0.120. The van der Waals surface area contributed by atoms with Crippen LogP contribution in [-0.2, 0) is 4.79 Å². The van der Waals surface area contributed by atoms with E-state index in [0.717, 1.165) is 12.8 Å². The van der Waals surface area contributed by atoms with Crippen molar-refractivity contribution in [2.45, 2.75) is 37.9 Å². The van der Waals surface area contributed by atoms with Crippen molar-refractivity contribution >= 4 is 17.5 Å². The number of rotatable bonds is 5. The van der Waals surface area contributed by atoms with Crippen LogP contribution in [0.1, 0.15) is 32.6 Å². The summed E-state index contributed by atoms with van der Waals surface area (Å²) < 4.78 is 0. The van der Waals surface area contributed by atoms with Gasteiger partial charge in [-0.15, -0.1) is 11.8 Å². The lowest BCUT2D eigenvalue weighted by Gasteiger charge is -2.10. The Balaban J connectivity index is 2.16. The van der Waals surface area contributed by atoms with E-state index in [1.165, 1.54) is 12.8 Å². The van der Waals surface area contributed by atoms with Crippen LogP contribution in [0.5, 0.6) is 0 Å². The van der Waals surface area contributed by atoms with Gasteiger partial charge in [-0.3, -0.25) is 4.79 Å². The third kappa shape index (κ3) is 3.69. The van der Waals surface area contributed by atoms with Gasteiger partial charge in [-0.1, -0.05) is 19.8 Å². The first-order valence-electron chi connectivity index (χ1n) is 4.99. The second-order valence-corrected chi connectivity index (χ2v) is 5.18. The topological polar surface area (TPSA) is 37.3 Å². The molecule has 0 saturated heterocycles. The van der Waals surface area contributed by atoms with E-state index in [2.05, 4.69) is 0 Å². The molecule has 0 bridgehead atoms. The van der Waals surface area contributed by atoms with E-state index in [9.17, 15) is 4.79 Å². The van der Waals surface area contributed by atoms with Crippen molar-refractivity contribution in [3.8, 4) is 0 Å². The first-order valence-corrected chi connectivity index (χ1v) is 6.04. The average Bonchev–Trinajstić information content (AvgIpc) is 2.66. The Kier molecular flexibility index (Phi) is 4.81. The van der Waals surface area contributed by atoms with Crippen molar-refractivity contribution in [2.24, 2.45) is 5.92 Å². The molecule has 0 aromatic carbocycles. The zero-order chi connectivity index (χ0) is 9.68. The van der Waals surface area contributed by atoms with E-state index < -0.39 is 0 Å². The number of thioether (sulfide) groups is 1. The minimum absolute atomic E-state index is 0.169. The molecule has 1 atom stereocenters. The maximum atomic E-state index is 11.6. The molecule has 0 aromatic heterocycles. The number of Topliss-reactive ketones (excluding diaryl/α,β-unsaturated/α-hetero) is 1. The summed E-state index contributed by atoms with van der Waals surface area (Å²) in [7, 11) is 0. The molecule has 0 amide bonds. The number of aliphatic hydroxyl groups is 1. The molecular formula is C10H18O2S. The zero-order valence-corrected chi connectivity index (χ0v) is 8.98. The quantitative estimate of drug-likeness (QED) is 0.739. The monoisotopic (exact) mass is 202 g/mol. The van der Waals surface area contributed by atoms with Gasteiger partial charge in [0.25, 0.3) is 0 Å². The van der Waals surface area contributed by atoms with Crippen LogP contribution in [0.2, 0.25) is 0 Å². The minimum atomic E-state index is 0.169. The second kappa shape index (κ2) is 5.66. The van der Waals surface area contributed by atoms with Crippen LogP contribution in [0.3, 0.4) is 0 Å². The van der Waals surface area contributed by atoms with Gasteiger partial charge in [0.2, 0.25) is 0 Å². The summed E-state index contributed by atoms with van der Waals surface area (Å²) in [6, 6.07) is 0. The van der Waals surface area contributed by atoms with Gasteiger partial charge in [-0.25, -0.2) is 0 Å². The minimum Gasteiger partial charge on any atom is -0.395 e. The SMILES string of the molecule is CC(CO)SCC(=O)C1CCCC1. The van der Waals surface area contributed by atoms with Crippen molar-refractivity contribution in [1.29, 1.82) is 0 Å². The van der Waals surface area contributed by atoms with Crippen LogP contribution in [-0.4, -0.2) is 28.5 Å². The second-order valence-electron chi connectivity index (χ2n) is 3.75. The first-order chi connectivity index (χ1) is 6.24. The molecule has 2 nitrogen and oxygen atoms in total. The normalized spacial score (nSPS) is 20.5. The Hall–Kier alpha value is -0.0200. The summed E-state index contributed by atoms with van der Waals surface area (Å²) in [5, 5.41) is 8.98. The smallest absolute Gasteiger partial charge is 0.145 e. The molecular weight excluding hydrogens is 184 g/mol. The number of hydrogen-bond donors (Lipinski definition) is 1. The summed E-state index contributed by atoms with van der Waals surface area (Å²) in [6.45, 7) is 2.12. The van der Waals surface area contributed by atoms with Gasteiger partial charge >= 0.3 is 0 Å². The van der Waals surface area contributed by atoms with Gasteiger partial charge in [0.15, 0.2) is 0 Å². The van der Waals surface area contributed by atoms with E-state index in [0.29, 0.717) is 17.5 Å². The molecule has 0 aliphatic heterocycles. The molecule has 0 heterocycles. The molecule has 1 saturated carbocycles. The molecule has 0 radical (unpaired) electrons. The zero-order valence-electron chi connectivity index (χ0n) is 8.16. The predicted octanol–water partition coefficient (Wildman–Crippen LogP) is 1.86. The van der Waals surface area contributed by atoms with Crippen molar-refractivity contribution in [3.05, 3.63) is 0 Å². The van der Waals surface area contributed by atoms with Crippen LogP contribution in [0.15, 0.2) is 0 Å². The Morgan fingerprint density at radius 2 is 2.15 bits per heavy atom. The van der Waals surface area contributed by atoms with E-state index in [1.54, 1.807) is 11.8 Å². The summed E-state index contributed by atoms with van der Waals surface area (Å²) in [5.74, 6) is 1.31. The summed E-state index contributed by atoms with van der Waals surface area (Å²) in [4.78, 5) is 11.6. The summed E-state index contributed by atoms with van der Waals surface area (Å²) in [6.07, 6.45) is 4.62. The van der Waals surface area contributed by atoms with Gasteiger partial charge in [0, 0.05) is 11.2 Å². The molecule has 13 heavy (non-hydrogen) atoms. The largest absolute Gasteiger partial charge is 0.395 e. The van der Waals surface area contributed by atoms with E-state index in [1.807, 2.05) is 6.92 Å². The predicted molar refractivity (Wildman–Crippen MR) is 56.0 cm³/mol. The number of carbonyl (C=O) groups is 1. The highest BCUT2D eigenvalue weighted by molar-refractivity contribution is 8.00. The number of carbonyl (C=O) groups excluding carboxylic acids is 1. The Labute approximate surface area is 84.1 Å². The maximum absolute atomic E-state index is 11.6. The molecule has 1 aliphatic rings. The number of hydrogen-bond acceptors (Lipinski definition) is 3. The standard InChI is InChI=1S/C10H18O2S/c1-8(6-11)13-7-10(12)9-4-2-3-5-9/h8-9,11H,2-7H2,1H3. The average molecular weight is 202 g/mol. The highest BCUT2D eigenvalue weighted by Crippen LogP contribution is 2.27. The third-order valence-corrected chi connectivity index (χ3v) is 3.75. The van der Waals surface area contributed by atoms with Crippen molar-refractivity contribution in [3.63, 3.8) is 0 Å². The van der Waals surface area contributed by atoms with Gasteiger partial charge in [0.1, 0.15) is 5.78 Å². The van der Waals surface area contributed by atoms with E-state index >= 15 is 0 Å². The fourth-order valence-corrected chi connectivity index (χ4v) is 2.43. The van der Waals surface area contributed by atoms with E-state index in [-0.39, 0.29) is 11.9 Å². The van der Waals surface area contributed by atoms with Crippen molar-refractivity contribution in [1.82, 2.24) is 0 Å². The van der Waals surface area contributed by atoms with Crippen LogP contribution in [0.25, 0.3) is 0 Å². The number of ketones is 1. The van der Waals surface area contributed by atoms with Crippen LogP contribution in [0.4, 0.5) is 0 Å². The van der Waals surface area contributed by atoms with E-state index in [4.69, 9.17) is 5.11 Å². The summed E-state index contributed by atoms with van der Waals surface area (Å²) >= 11 is 1.57. The Bertz CT molecular complexity index is 164. The van der Waals surface area contributed by atoms with Gasteiger partial charge in [-0.05, 0) is 12.8 Å². The Morgan fingerprint density at radius 1 is 1.54 bits per heavy atom. The highest BCUT2D eigenvalue weighted by Gasteiger charge is 2.22. The molecule has 1 N–H and O–H groups in total. The molecule has 76 valence electrons. The third-order valence-electron chi connectivity index (χ3n) is 2.58. The molecule has 3 heteroatoms. The Morgan fingerprint density at radius 3 is 2.69 bits per heavy atom. The van der Waals surface area contributed by atoms with Crippen molar-refractivity contribution in [2.75, 3.05) is 12.4 Å². The molecule has 0 spiro atoms. The molecule has 1 unspecified atom stereocenters. The van der Waals surface area contributed by atoms with Crippen LogP contribution < -0.4 is 0 Å². The maximum Gasteiger partial charge on any atom is 0.145 e. The molecule has 1 fully saturated rings. The van der Waals surface area contributed by atoms with Crippen LogP contribution in [0, 0.1) is 5.92 Å². The fourth-order valence-electron chi connectivity index (χ4n) is 1.64. The van der Waals surface area contributed by atoms with Gasteiger partial charge in [-0.2, -0.15) is 0 Å². The fraction of sp³-hybridized carbons (Fsp3) is 0.900.